The molecule has 2 fully saturated rings. The molecule has 2 aliphatic rings. The van der Waals surface area contributed by atoms with E-state index in [0.29, 0.717) is 24.9 Å². The minimum Gasteiger partial charge on any atom is -0.368 e. The molecule has 2 aliphatic heterocycles. The van der Waals surface area contributed by atoms with Crippen molar-refractivity contribution in [1.29, 1.82) is 0 Å². The van der Waals surface area contributed by atoms with Gasteiger partial charge < -0.3 is 15.0 Å². The Morgan fingerprint density at radius 1 is 1.03 bits per heavy atom. The topological polar surface area (TPSA) is 75.7 Å². The van der Waals surface area contributed by atoms with Gasteiger partial charge in [-0.05, 0) is 42.0 Å². The summed E-state index contributed by atoms with van der Waals surface area (Å²) >= 11 is 0. The molecule has 2 saturated heterocycles. The van der Waals surface area contributed by atoms with Crippen molar-refractivity contribution in [3.05, 3.63) is 60.2 Å². The zero-order valence-electron chi connectivity index (χ0n) is 18.9. The summed E-state index contributed by atoms with van der Waals surface area (Å²) in [5.74, 6) is -0.330. The van der Waals surface area contributed by atoms with E-state index in [9.17, 15) is 14.4 Å². The van der Waals surface area contributed by atoms with Gasteiger partial charge in [0, 0.05) is 12.1 Å². The molecule has 0 aromatic heterocycles. The first-order valence-electron chi connectivity index (χ1n) is 10.8. The Morgan fingerprint density at radius 3 is 2.26 bits per heavy atom. The third kappa shape index (κ3) is 6.43. The lowest BCUT2D eigenvalue weighted by molar-refractivity contribution is -0.138. The Labute approximate surface area is 216 Å². The van der Waals surface area contributed by atoms with Gasteiger partial charge in [0.2, 0.25) is 5.91 Å². The molecule has 0 saturated carbocycles. The van der Waals surface area contributed by atoms with Gasteiger partial charge in [0.25, 0.3) is 5.91 Å². The number of nitrogens with one attached hydrogen (secondary N) is 1. The molecule has 186 valence electrons. The normalized spacial score (nSPS) is 19.4. The summed E-state index contributed by atoms with van der Waals surface area (Å²) in [4.78, 5) is 40.0. The molecule has 0 bridgehead atoms. The molecule has 1 N–H and O–H groups in total. The van der Waals surface area contributed by atoms with Crippen LogP contribution in [0.25, 0.3) is 11.1 Å². The lowest BCUT2D eigenvalue weighted by Crippen LogP contribution is -2.52. The summed E-state index contributed by atoms with van der Waals surface area (Å²) in [6.45, 7) is 4.57. The molecule has 6 nitrogen and oxygen atoms in total. The van der Waals surface area contributed by atoms with Crippen molar-refractivity contribution in [2.45, 2.75) is 52.3 Å². The minimum atomic E-state index is -0.673. The molecule has 0 unspecified atom stereocenters. The van der Waals surface area contributed by atoms with E-state index in [-0.39, 0.29) is 70.6 Å². The smallest absolute Gasteiger partial charge is 0.251 e. The molecule has 0 spiro atoms. The van der Waals surface area contributed by atoms with Crippen molar-refractivity contribution >= 4 is 44.6 Å². The van der Waals surface area contributed by atoms with Gasteiger partial charge in [0.1, 0.15) is 18.7 Å². The molecule has 8 heteroatoms. The molecule has 2 aromatic rings. The summed E-state index contributed by atoms with van der Waals surface area (Å²) in [6, 6.07) is 16.1. The van der Waals surface area contributed by atoms with E-state index in [1.807, 2.05) is 56.3 Å². The first-order valence-corrected chi connectivity index (χ1v) is 10.8. The largest absolute Gasteiger partial charge is 0.368 e. The number of benzene rings is 2. The Hall–Kier alpha value is -2.29. The lowest BCUT2D eigenvalue weighted by Gasteiger charge is -2.28. The standard InChI is InChI=1S/C25H28N2O4.CH4.2H2S/c1-16(2)14-20(25(30)27-13-12-22-23(27)21(28)15-31-22)26-24(29)19-10-8-18(9-11-19)17-6-4-3-5-7-17;;;/h3-11,16,20,22-23H,12-15H2,1-2H3,(H,26,29);1H4;2*1H2/t20-,22+,23+;;;/m0.../s1. The number of nitrogens with zero attached hydrogens (tertiary/aromatic N) is 1. The van der Waals surface area contributed by atoms with Crippen molar-refractivity contribution in [1.82, 2.24) is 10.2 Å². The predicted molar refractivity (Wildman–Crippen MR) is 145 cm³/mol. The van der Waals surface area contributed by atoms with Gasteiger partial charge in [-0.1, -0.05) is 63.7 Å². The van der Waals surface area contributed by atoms with Crippen LogP contribution in [0.4, 0.5) is 0 Å². The second-order valence-electron chi connectivity index (χ2n) is 8.68. The summed E-state index contributed by atoms with van der Waals surface area (Å²) in [5, 5.41) is 2.91. The first-order chi connectivity index (χ1) is 14.9. The number of carbonyl (C=O) groups excluding carboxylic acids is 3. The number of rotatable bonds is 6. The van der Waals surface area contributed by atoms with Gasteiger partial charge in [-0.25, -0.2) is 0 Å². The van der Waals surface area contributed by atoms with Crippen molar-refractivity contribution in [2.24, 2.45) is 5.92 Å². The molecule has 2 aromatic carbocycles. The Balaban J connectivity index is 0.00000193. The van der Waals surface area contributed by atoms with Crippen LogP contribution >= 0.6 is 27.0 Å². The molecule has 0 aliphatic carbocycles. The minimum absolute atomic E-state index is 0. The van der Waals surface area contributed by atoms with Gasteiger partial charge in [-0.2, -0.15) is 27.0 Å². The van der Waals surface area contributed by atoms with Gasteiger partial charge in [-0.3, -0.25) is 14.4 Å². The number of ketones is 1. The Bertz CT molecular complexity index is 967. The summed E-state index contributed by atoms with van der Waals surface area (Å²) in [5.41, 5.74) is 2.60. The van der Waals surface area contributed by atoms with Crippen LogP contribution in [0.15, 0.2) is 54.6 Å². The number of Topliss-reactive ketones (excluding diaryl/α,β-unsaturated/α-hetero) is 1. The van der Waals surface area contributed by atoms with Gasteiger partial charge in [-0.15, -0.1) is 0 Å². The first kappa shape index (κ1) is 29.7. The molecule has 34 heavy (non-hydrogen) atoms. The number of likely N-dealkylation sites (tertiary alicyclic amines) is 1. The highest BCUT2D eigenvalue weighted by Gasteiger charge is 2.48. The highest BCUT2D eigenvalue weighted by Crippen LogP contribution is 2.28. The van der Waals surface area contributed by atoms with Gasteiger partial charge >= 0.3 is 0 Å². The van der Waals surface area contributed by atoms with Crippen LogP contribution < -0.4 is 5.32 Å². The van der Waals surface area contributed by atoms with Crippen LogP contribution in [-0.4, -0.2) is 53.8 Å². The SMILES string of the molecule is C.CC(C)C[C@H](NC(=O)c1ccc(-c2ccccc2)cc1)C(=O)N1CC[C@H]2OCC(=O)[C@H]21.S.S. The fourth-order valence-electron chi connectivity index (χ4n) is 4.42. The maximum Gasteiger partial charge on any atom is 0.251 e. The molecule has 4 rings (SSSR count). The fourth-order valence-corrected chi connectivity index (χ4v) is 4.42. The quantitative estimate of drug-likeness (QED) is 0.647. The average Bonchev–Trinajstić information content (AvgIpc) is 3.36. The van der Waals surface area contributed by atoms with Crippen LogP contribution in [0.2, 0.25) is 0 Å². The number of fused-ring (bicyclic) bond motifs is 1. The Morgan fingerprint density at radius 2 is 1.65 bits per heavy atom. The van der Waals surface area contributed by atoms with E-state index in [1.165, 1.54) is 0 Å². The number of amides is 2. The van der Waals surface area contributed by atoms with Crippen LogP contribution in [0.5, 0.6) is 0 Å². The van der Waals surface area contributed by atoms with Crippen LogP contribution in [0.1, 0.15) is 44.5 Å². The van der Waals surface area contributed by atoms with Crippen LogP contribution in [0.3, 0.4) is 0 Å². The van der Waals surface area contributed by atoms with Crippen LogP contribution in [0, 0.1) is 5.92 Å². The van der Waals surface area contributed by atoms with E-state index >= 15 is 0 Å². The van der Waals surface area contributed by atoms with E-state index in [0.717, 1.165) is 11.1 Å². The zero-order chi connectivity index (χ0) is 22.0. The molecule has 0 radical (unpaired) electrons. The van der Waals surface area contributed by atoms with Gasteiger partial charge in [0.15, 0.2) is 5.78 Å². The third-order valence-electron chi connectivity index (χ3n) is 5.96. The number of ether oxygens (including phenoxy) is 1. The number of hydrogen-bond donors (Lipinski definition) is 1. The summed E-state index contributed by atoms with van der Waals surface area (Å²) in [6.07, 6.45) is 0.957. The van der Waals surface area contributed by atoms with Crippen LogP contribution in [-0.2, 0) is 14.3 Å². The van der Waals surface area contributed by atoms with Gasteiger partial charge in [0.05, 0.1) is 6.10 Å². The van der Waals surface area contributed by atoms with E-state index in [4.69, 9.17) is 4.74 Å². The summed E-state index contributed by atoms with van der Waals surface area (Å²) in [7, 11) is 0. The van der Waals surface area contributed by atoms with E-state index in [2.05, 4.69) is 5.32 Å². The zero-order valence-corrected chi connectivity index (χ0v) is 20.9. The maximum atomic E-state index is 13.3. The van der Waals surface area contributed by atoms with Crippen molar-refractivity contribution < 1.29 is 19.1 Å². The number of hydrogen-bond acceptors (Lipinski definition) is 4. The Kier molecular flexibility index (Phi) is 11.3. The van der Waals surface area contributed by atoms with Crippen molar-refractivity contribution in [3.63, 3.8) is 0 Å². The monoisotopic (exact) mass is 504 g/mol. The summed E-state index contributed by atoms with van der Waals surface area (Å²) < 4.78 is 5.50. The highest BCUT2D eigenvalue weighted by atomic mass is 32.1. The van der Waals surface area contributed by atoms with Crippen molar-refractivity contribution in [2.75, 3.05) is 13.2 Å². The molecular formula is C26H36N2O4S2. The maximum absolute atomic E-state index is 13.3. The molecular weight excluding hydrogens is 468 g/mol. The molecule has 2 heterocycles. The highest BCUT2D eigenvalue weighted by molar-refractivity contribution is 7.59. The fraction of sp³-hybridized carbons (Fsp3) is 0.423. The predicted octanol–water partition coefficient (Wildman–Crippen LogP) is 3.93. The second-order valence-corrected chi connectivity index (χ2v) is 8.68. The van der Waals surface area contributed by atoms with E-state index < -0.39 is 12.1 Å². The second kappa shape index (κ2) is 13.0. The number of carbonyl (C=O) groups is 3. The van der Waals surface area contributed by atoms with E-state index in [1.54, 1.807) is 17.0 Å². The molecule has 3 atom stereocenters. The lowest BCUT2D eigenvalue weighted by atomic mass is 10.0. The third-order valence-corrected chi connectivity index (χ3v) is 5.96. The van der Waals surface area contributed by atoms with Crippen molar-refractivity contribution in [3.8, 4) is 11.1 Å². The molecule has 2 amide bonds. The average molecular weight is 505 g/mol.